The summed E-state index contributed by atoms with van der Waals surface area (Å²) in [5.74, 6) is 0. The first-order chi connectivity index (χ1) is 9.22. The summed E-state index contributed by atoms with van der Waals surface area (Å²) in [4.78, 5) is 1.93. The van der Waals surface area contributed by atoms with Crippen molar-refractivity contribution in [3.63, 3.8) is 0 Å². The van der Waals surface area contributed by atoms with E-state index in [1.54, 1.807) is 0 Å². The van der Waals surface area contributed by atoms with E-state index in [2.05, 4.69) is 37.5 Å². The highest BCUT2D eigenvalue weighted by atomic mass is 32.1. The maximum atomic E-state index is 4.35. The number of hydrogen-bond acceptors (Lipinski definition) is 3. The third kappa shape index (κ3) is 8.48. The van der Waals surface area contributed by atoms with Gasteiger partial charge < -0.3 is 5.32 Å². The number of nitrogens with one attached hydrogen (secondary N) is 1. The van der Waals surface area contributed by atoms with Crippen molar-refractivity contribution in [2.75, 3.05) is 11.9 Å². The molecule has 3 heteroatoms. The molecule has 0 saturated heterocycles. The molecule has 0 heterocycles. The largest absolute Gasteiger partial charge is 0.385 e. The van der Waals surface area contributed by atoms with Crippen LogP contribution in [-0.2, 0) is 0 Å². The Morgan fingerprint density at radius 2 is 1.32 bits per heavy atom. The first-order valence-electron chi connectivity index (χ1n) is 7.49. The average Bonchev–Trinajstić information content (AvgIpc) is 2.36. The van der Waals surface area contributed by atoms with Crippen LogP contribution in [0.1, 0.15) is 58.3 Å². The third-order valence-electron chi connectivity index (χ3n) is 3.26. The topological polar surface area (TPSA) is 12.0 Å². The molecule has 0 saturated carbocycles. The van der Waals surface area contributed by atoms with Crippen LogP contribution in [0.15, 0.2) is 28.0 Å². The molecule has 1 aromatic rings. The van der Waals surface area contributed by atoms with Gasteiger partial charge in [-0.15, -0.1) is 25.3 Å². The lowest BCUT2D eigenvalue weighted by Crippen LogP contribution is -2.01. The van der Waals surface area contributed by atoms with E-state index in [0.717, 1.165) is 22.0 Å². The number of rotatable bonds is 10. The van der Waals surface area contributed by atoms with Gasteiger partial charge in [-0.2, -0.15) is 0 Å². The van der Waals surface area contributed by atoms with Crippen LogP contribution in [0.2, 0.25) is 0 Å². The number of hydrogen-bond donors (Lipinski definition) is 3. The summed E-state index contributed by atoms with van der Waals surface area (Å²) in [7, 11) is 0. The molecule has 1 aromatic carbocycles. The molecule has 108 valence electrons. The lowest BCUT2D eigenvalue weighted by Gasteiger charge is -2.08. The SMILES string of the molecule is CCCCCCCCCCNc1cc(S)cc(S)c1. The zero-order chi connectivity index (χ0) is 13.9. The number of thiol groups is 2. The van der Waals surface area contributed by atoms with E-state index < -0.39 is 0 Å². The second kappa shape index (κ2) is 10.5. The van der Waals surface area contributed by atoms with E-state index in [-0.39, 0.29) is 0 Å². The average molecular weight is 298 g/mol. The number of anilines is 1. The van der Waals surface area contributed by atoms with Crippen LogP contribution in [-0.4, -0.2) is 6.54 Å². The predicted molar refractivity (Wildman–Crippen MR) is 92.0 cm³/mol. The molecular weight excluding hydrogens is 270 g/mol. The van der Waals surface area contributed by atoms with Gasteiger partial charge in [0.05, 0.1) is 0 Å². The fraction of sp³-hybridized carbons (Fsp3) is 0.625. The summed E-state index contributed by atoms with van der Waals surface area (Å²) < 4.78 is 0. The van der Waals surface area contributed by atoms with Gasteiger partial charge in [-0.05, 0) is 24.6 Å². The van der Waals surface area contributed by atoms with E-state index in [1.165, 1.54) is 51.4 Å². The molecule has 1 N–H and O–H groups in total. The van der Waals surface area contributed by atoms with Gasteiger partial charge in [0.1, 0.15) is 0 Å². The van der Waals surface area contributed by atoms with E-state index in [0.29, 0.717) is 0 Å². The van der Waals surface area contributed by atoms with Gasteiger partial charge in [0.2, 0.25) is 0 Å². The lowest BCUT2D eigenvalue weighted by molar-refractivity contribution is 0.581. The van der Waals surface area contributed by atoms with Gasteiger partial charge in [0.15, 0.2) is 0 Å². The molecule has 0 aliphatic heterocycles. The fourth-order valence-corrected chi connectivity index (χ4v) is 2.85. The van der Waals surface area contributed by atoms with Crippen LogP contribution >= 0.6 is 25.3 Å². The van der Waals surface area contributed by atoms with E-state index in [4.69, 9.17) is 0 Å². The molecule has 0 aliphatic rings. The minimum atomic E-state index is 0.964. The first-order valence-corrected chi connectivity index (χ1v) is 8.38. The van der Waals surface area contributed by atoms with Gasteiger partial charge in [0, 0.05) is 22.0 Å². The summed E-state index contributed by atoms with van der Waals surface area (Å²) in [5.41, 5.74) is 1.13. The highest BCUT2D eigenvalue weighted by molar-refractivity contribution is 7.81. The van der Waals surface area contributed by atoms with Crippen molar-refractivity contribution in [2.24, 2.45) is 0 Å². The Morgan fingerprint density at radius 1 is 0.789 bits per heavy atom. The van der Waals surface area contributed by atoms with E-state index >= 15 is 0 Å². The van der Waals surface area contributed by atoms with Crippen LogP contribution in [0, 0.1) is 0 Å². The van der Waals surface area contributed by atoms with Crippen LogP contribution in [0.25, 0.3) is 0 Å². The van der Waals surface area contributed by atoms with Crippen molar-refractivity contribution in [2.45, 2.75) is 68.1 Å². The van der Waals surface area contributed by atoms with Crippen molar-refractivity contribution in [3.05, 3.63) is 18.2 Å². The molecule has 0 bridgehead atoms. The van der Waals surface area contributed by atoms with Crippen LogP contribution < -0.4 is 5.32 Å². The molecule has 0 atom stereocenters. The van der Waals surface area contributed by atoms with Gasteiger partial charge in [0.25, 0.3) is 0 Å². The van der Waals surface area contributed by atoms with Gasteiger partial charge in [-0.3, -0.25) is 0 Å². The van der Waals surface area contributed by atoms with Crippen molar-refractivity contribution in [1.29, 1.82) is 0 Å². The molecular formula is C16H27NS2. The normalized spacial score (nSPS) is 10.7. The van der Waals surface area contributed by atoms with Crippen LogP contribution in [0.4, 0.5) is 5.69 Å². The second-order valence-electron chi connectivity index (χ2n) is 5.14. The highest BCUT2D eigenvalue weighted by Gasteiger charge is 1.96. The molecule has 0 fully saturated rings. The first kappa shape index (κ1) is 16.8. The molecule has 0 unspecified atom stereocenters. The summed E-state index contributed by atoms with van der Waals surface area (Å²) in [6.07, 6.45) is 10.9. The van der Waals surface area contributed by atoms with Crippen molar-refractivity contribution in [3.8, 4) is 0 Å². The number of unbranched alkanes of at least 4 members (excludes halogenated alkanes) is 7. The molecule has 0 spiro atoms. The van der Waals surface area contributed by atoms with Gasteiger partial charge in [-0.1, -0.05) is 51.9 Å². The summed E-state index contributed by atoms with van der Waals surface area (Å²) in [6, 6.07) is 6.05. The van der Waals surface area contributed by atoms with Crippen molar-refractivity contribution < 1.29 is 0 Å². The standard InChI is InChI=1S/C16H27NS2/c1-2-3-4-5-6-7-8-9-10-17-14-11-15(18)13-16(19)12-14/h11-13,17-19H,2-10H2,1H3. The molecule has 0 aliphatic carbocycles. The van der Waals surface area contributed by atoms with Crippen molar-refractivity contribution in [1.82, 2.24) is 0 Å². The second-order valence-corrected chi connectivity index (χ2v) is 6.17. The Balaban J connectivity index is 2.01. The quantitative estimate of drug-likeness (QED) is 0.365. The molecule has 1 nitrogen and oxygen atoms in total. The van der Waals surface area contributed by atoms with E-state index in [1.807, 2.05) is 18.2 Å². The summed E-state index contributed by atoms with van der Waals surface area (Å²) >= 11 is 8.71. The van der Waals surface area contributed by atoms with E-state index in [9.17, 15) is 0 Å². The Kier molecular flexibility index (Phi) is 9.27. The van der Waals surface area contributed by atoms with Gasteiger partial charge in [-0.25, -0.2) is 0 Å². The highest BCUT2D eigenvalue weighted by Crippen LogP contribution is 2.20. The number of benzene rings is 1. The van der Waals surface area contributed by atoms with Crippen LogP contribution in [0.3, 0.4) is 0 Å². The molecule has 0 amide bonds. The van der Waals surface area contributed by atoms with Crippen LogP contribution in [0.5, 0.6) is 0 Å². The summed E-state index contributed by atoms with van der Waals surface area (Å²) in [6.45, 7) is 3.31. The Morgan fingerprint density at radius 3 is 1.89 bits per heavy atom. The third-order valence-corrected chi connectivity index (χ3v) is 3.78. The smallest absolute Gasteiger partial charge is 0.0362 e. The van der Waals surface area contributed by atoms with Crippen molar-refractivity contribution >= 4 is 30.9 Å². The lowest BCUT2D eigenvalue weighted by atomic mass is 10.1. The molecule has 19 heavy (non-hydrogen) atoms. The van der Waals surface area contributed by atoms with Gasteiger partial charge >= 0.3 is 0 Å². The summed E-state index contributed by atoms with van der Waals surface area (Å²) in [5, 5.41) is 3.44. The maximum Gasteiger partial charge on any atom is 0.0362 e. The zero-order valence-corrected chi connectivity index (χ0v) is 13.8. The molecule has 0 radical (unpaired) electrons. The Labute approximate surface area is 129 Å². The Hall–Kier alpha value is -0.280. The predicted octanol–water partition coefficient (Wildman–Crippen LogP) is 5.82. The maximum absolute atomic E-state index is 4.35. The zero-order valence-electron chi connectivity index (χ0n) is 12.0. The molecule has 0 aromatic heterocycles. The minimum Gasteiger partial charge on any atom is -0.385 e. The minimum absolute atomic E-state index is 0.964. The monoisotopic (exact) mass is 297 g/mol. The Bertz CT molecular complexity index is 332. The fourth-order valence-electron chi connectivity index (χ4n) is 2.19. The molecule has 1 rings (SSSR count).